The van der Waals surface area contributed by atoms with Gasteiger partial charge in [-0.1, -0.05) is 6.07 Å². The summed E-state index contributed by atoms with van der Waals surface area (Å²) in [5.41, 5.74) is 3.62. The fourth-order valence-corrected chi connectivity index (χ4v) is 3.48. The second-order valence-electron chi connectivity index (χ2n) is 6.12. The van der Waals surface area contributed by atoms with Crippen molar-refractivity contribution in [1.29, 1.82) is 0 Å². The van der Waals surface area contributed by atoms with Crippen LogP contribution in [-0.2, 0) is 11.2 Å². The van der Waals surface area contributed by atoms with Crippen LogP contribution >= 0.6 is 0 Å². The molecule has 1 unspecified atom stereocenters. The van der Waals surface area contributed by atoms with Gasteiger partial charge in [-0.15, -0.1) is 0 Å². The van der Waals surface area contributed by atoms with Gasteiger partial charge in [-0.25, -0.2) is 4.98 Å². The minimum atomic E-state index is 0.0330. The summed E-state index contributed by atoms with van der Waals surface area (Å²) in [5, 5.41) is 0. The first kappa shape index (κ1) is 14.8. The van der Waals surface area contributed by atoms with E-state index in [4.69, 9.17) is 0 Å². The molecule has 24 heavy (non-hydrogen) atoms. The van der Waals surface area contributed by atoms with Crippen molar-refractivity contribution in [2.45, 2.75) is 32.2 Å². The molecular weight excluding hydrogens is 302 g/mol. The maximum absolute atomic E-state index is 12.9. The monoisotopic (exact) mass is 321 g/mol. The van der Waals surface area contributed by atoms with Crippen molar-refractivity contribution >= 4 is 11.6 Å². The lowest BCUT2D eigenvalue weighted by atomic mass is 10.1. The number of pyridine rings is 1. The Morgan fingerprint density at radius 2 is 2.25 bits per heavy atom. The van der Waals surface area contributed by atoms with E-state index < -0.39 is 0 Å². The van der Waals surface area contributed by atoms with Gasteiger partial charge in [0.05, 0.1) is 35.7 Å². The average Bonchev–Trinajstić information content (AvgIpc) is 3.21. The highest BCUT2D eigenvalue weighted by molar-refractivity contribution is 5.79. The molecule has 0 aromatic carbocycles. The predicted molar refractivity (Wildman–Crippen MR) is 89.4 cm³/mol. The molecule has 3 aromatic heterocycles. The number of hydrogen-bond donors (Lipinski definition) is 0. The zero-order chi connectivity index (χ0) is 16.5. The van der Waals surface area contributed by atoms with Gasteiger partial charge in [0.1, 0.15) is 5.65 Å². The zero-order valence-corrected chi connectivity index (χ0v) is 13.6. The molecule has 1 aliphatic heterocycles. The smallest absolute Gasteiger partial charge is 0.229 e. The Balaban J connectivity index is 1.60. The molecule has 122 valence electrons. The number of carbonyl (C=O) groups is 1. The van der Waals surface area contributed by atoms with Crippen molar-refractivity contribution in [1.82, 2.24) is 24.3 Å². The van der Waals surface area contributed by atoms with Crippen LogP contribution in [0.1, 0.15) is 36.0 Å². The van der Waals surface area contributed by atoms with E-state index >= 15 is 0 Å². The Bertz CT molecular complexity index is 874. The highest BCUT2D eigenvalue weighted by Gasteiger charge is 2.31. The Kier molecular flexibility index (Phi) is 3.72. The van der Waals surface area contributed by atoms with E-state index in [2.05, 4.69) is 15.0 Å². The van der Waals surface area contributed by atoms with Gasteiger partial charge in [-0.3, -0.25) is 14.8 Å². The van der Waals surface area contributed by atoms with Gasteiger partial charge < -0.3 is 9.30 Å². The van der Waals surface area contributed by atoms with Crippen LogP contribution in [0, 0.1) is 6.92 Å². The van der Waals surface area contributed by atoms with Crippen molar-refractivity contribution in [2.75, 3.05) is 6.54 Å². The largest absolute Gasteiger partial charge is 0.334 e. The summed E-state index contributed by atoms with van der Waals surface area (Å²) in [4.78, 5) is 27.9. The lowest BCUT2D eigenvalue weighted by Crippen LogP contribution is -2.32. The number of aromatic nitrogens is 4. The van der Waals surface area contributed by atoms with Crippen molar-refractivity contribution in [3.8, 4) is 0 Å². The second-order valence-corrected chi connectivity index (χ2v) is 6.12. The molecular formula is C18H19N5O. The van der Waals surface area contributed by atoms with E-state index in [0.29, 0.717) is 6.42 Å². The van der Waals surface area contributed by atoms with Gasteiger partial charge in [0.15, 0.2) is 0 Å². The first-order valence-corrected chi connectivity index (χ1v) is 8.22. The zero-order valence-electron chi connectivity index (χ0n) is 13.6. The molecule has 4 rings (SSSR count). The second kappa shape index (κ2) is 6.03. The fourth-order valence-electron chi connectivity index (χ4n) is 3.48. The average molecular weight is 321 g/mol. The van der Waals surface area contributed by atoms with Crippen LogP contribution in [0.15, 0.2) is 43.0 Å². The number of amides is 1. The normalized spacial score (nSPS) is 17.5. The fraction of sp³-hybridized carbons (Fsp3) is 0.333. The Labute approximate surface area is 140 Å². The number of imidazole rings is 1. The SMILES string of the molecule is Cc1nc2ccccn2c1CC(=O)N1CCCC1c1cnccn1. The maximum atomic E-state index is 12.9. The first-order valence-electron chi connectivity index (χ1n) is 8.22. The molecule has 1 amide bonds. The molecule has 6 heteroatoms. The van der Waals surface area contributed by atoms with Crippen molar-refractivity contribution in [3.63, 3.8) is 0 Å². The van der Waals surface area contributed by atoms with Crippen LogP contribution in [0.25, 0.3) is 5.65 Å². The van der Waals surface area contributed by atoms with Crippen LogP contribution in [0.3, 0.4) is 0 Å². The maximum Gasteiger partial charge on any atom is 0.229 e. The van der Waals surface area contributed by atoms with Crippen molar-refractivity contribution in [3.05, 3.63) is 60.1 Å². The molecule has 0 saturated carbocycles. The number of carbonyl (C=O) groups excluding carboxylic acids is 1. The molecule has 0 radical (unpaired) electrons. The quantitative estimate of drug-likeness (QED) is 0.743. The lowest BCUT2D eigenvalue weighted by Gasteiger charge is -2.24. The summed E-state index contributed by atoms with van der Waals surface area (Å²) >= 11 is 0. The van der Waals surface area contributed by atoms with E-state index in [9.17, 15) is 4.79 Å². The van der Waals surface area contributed by atoms with E-state index in [-0.39, 0.29) is 11.9 Å². The number of hydrogen-bond acceptors (Lipinski definition) is 4. The number of likely N-dealkylation sites (tertiary alicyclic amines) is 1. The summed E-state index contributed by atoms with van der Waals surface area (Å²) in [6.07, 6.45) is 9.36. The van der Waals surface area contributed by atoms with Crippen LogP contribution in [0.5, 0.6) is 0 Å². The van der Waals surface area contributed by atoms with E-state index in [1.54, 1.807) is 18.6 Å². The van der Waals surface area contributed by atoms with Crippen molar-refractivity contribution < 1.29 is 4.79 Å². The molecule has 1 saturated heterocycles. The van der Waals surface area contributed by atoms with Crippen LogP contribution in [0.4, 0.5) is 0 Å². The van der Waals surface area contributed by atoms with E-state index in [1.807, 2.05) is 40.6 Å². The molecule has 6 nitrogen and oxygen atoms in total. The number of aryl methyl sites for hydroxylation is 1. The Hall–Kier alpha value is -2.76. The molecule has 1 aliphatic rings. The standard InChI is InChI=1S/C18H19N5O/c1-13-16(22-9-3-2-6-17(22)21-13)11-18(24)23-10-4-5-15(23)14-12-19-7-8-20-14/h2-3,6-9,12,15H,4-5,10-11H2,1H3. The van der Waals surface area contributed by atoms with Gasteiger partial charge in [0.2, 0.25) is 5.91 Å². The van der Waals surface area contributed by atoms with Gasteiger partial charge >= 0.3 is 0 Å². The van der Waals surface area contributed by atoms with E-state index in [0.717, 1.165) is 42.1 Å². The summed E-state index contributed by atoms with van der Waals surface area (Å²) in [6.45, 7) is 2.73. The van der Waals surface area contributed by atoms with Crippen LogP contribution < -0.4 is 0 Å². The predicted octanol–water partition coefficient (Wildman–Crippen LogP) is 2.34. The highest BCUT2D eigenvalue weighted by Crippen LogP contribution is 2.31. The molecule has 0 N–H and O–H groups in total. The summed E-state index contributed by atoms with van der Waals surface area (Å²) in [6, 6.07) is 5.91. The summed E-state index contributed by atoms with van der Waals surface area (Å²) in [7, 11) is 0. The minimum absolute atomic E-state index is 0.0330. The summed E-state index contributed by atoms with van der Waals surface area (Å²) in [5.74, 6) is 0.122. The number of rotatable bonds is 3. The van der Waals surface area contributed by atoms with Gasteiger partial charge in [0, 0.05) is 25.1 Å². The molecule has 1 atom stereocenters. The third-order valence-electron chi connectivity index (χ3n) is 4.65. The van der Waals surface area contributed by atoms with Gasteiger partial charge in [-0.05, 0) is 31.9 Å². The molecule has 0 spiro atoms. The third-order valence-corrected chi connectivity index (χ3v) is 4.65. The minimum Gasteiger partial charge on any atom is -0.334 e. The highest BCUT2D eigenvalue weighted by atomic mass is 16.2. The Morgan fingerprint density at radius 3 is 3.08 bits per heavy atom. The summed E-state index contributed by atoms with van der Waals surface area (Å²) < 4.78 is 2.00. The molecule has 3 aromatic rings. The van der Waals surface area contributed by atoms with Crippen molar-refractivity contribution in [2.24, 2.45) is 0 Å². The van der Waals surface area contributed by atoms with Gasteiger partial charge in [0.25, 0.3) is 0 Å². The molecule has 1 fully saturated rings. The third kappa shape index (κ3) is 2.54. The molecule has 0 bridgehead atoms. The van der Waals surface area contributed by atoms with Gasteiger partial charge in [-0.2, -0.15) is 0 Å². The van der Waals surface area contributed by atoms with Crippen LogP contribution in [-0.4, -0.2) is 36.7 Å². The number of fused-ring (bicyclic) bond motifs is 1. The Morgan fingerprint density at radius 1 is 1.33 bits per heavy atom. The first-order chi connectivity index (χ1) is 11.7. The molecule has 4 heterocycles. The molecule has 0 aliphatic carbocycles. The number of nitrogens with zero attached hydrogens (tertiary/aromatic N) is 5. The lowest BCUT2D eigenvalue weighted by molar-refractivity contribution is -0.131. The van der Waals surface area contributed by atoms with Crippen LogP contribution in [0.2, 0.25) is 0 Å². The van der Waals surface area contributed by atoms with E-state index in [1.165, 1.54) is 0 Å². The topological polar surface area (TPSA) is 63.4 Å².